The average molecular weight is 345 g/mol. The van der Waals surface area contributed by atoms with E-state index in [-0.39, 0.29) is 6.54 Å². The van der Waals surface area contributed by atoms with Gasteiger partial charge in [-0.05, 0) is 25.7 Å². The van der Waals surface area contributed by atoms with Gasteiger partial charge in [0.15, 0.2) is 5.69 Å². The summed E-state index contributed by atoms with van der Waals surface area (Å²) in [6.45, 7) is 0.555. The van der Waals surface area contributed by atoms with Gasteiger partial charge < -0.3 is 10.1 Å². The third-order valence-corrected chi connectivity index (χ3v) is 3.69. The molecule has 9 heteroatoms. The Hall–Kier alpha value is -2.32. The second-order valence-electron chi connectivity index (χ2n) is 5.35. The third-order valence-electron chi connectivity index (χ3n) is 3.69. The van der Waals surface area contributed by atoms with Crippen molar-refractivity contribution >= 4 is 11.9 Å². The van der Waals surface area contributed by atoms with Crippen molar-refractivity contribution in [2.45, 2.75) is 38.4 Å². The van der Waals surface area contributed by atoms with Crippen molar-refractivity contribution in [3.63, 3.8) is 0 Å². The number of nitrogens with one attached hydrogen (secondary N) is 1. The van der Waals surface area contributed by atoms with E-state index in [2.05, 4.69) is 15.2 Å². The zero-order chi connectivity index (χ0) is 17.7. The zero-order valence-electron chi connectivity index (χ0n) is 13.2. The largest absolute Gasteiger partial charge is 0.466 e. The molecular weight excluding hydrogens is 327 g/mol. The number of carbonyl (C=O) groups is 2. The first kappa shape index (κ1) is 18.0. The van der Waals surface area contributed by atoms with Crippen LogP contribution in [0.2, 0.25) is 0 Å². The van der Waals surface area contributed by atoms with Gasteiger partial charge in [-0.1, -0.05) is 0 Å². The van der Waals surface area contributed by atoms with Crippen molar-refractivity contribution in [3.05, 3.63) is 29.1 Å². The predicted molar refractivity (Wildman–Crippen MR) is 78.0 cm³/mol. The van der Waals surface area contributed by atoms with E-state index >= 15 is 0 Å². The van der Waals surface area contributed by atoms with Crippen LogP contribution in [0.25, 0.3) is 0 Å². The number of hydrogen-bond donors (Lipinski definition) is 1. The van der Waals surface area contributed by atoms with Gasteiger partial charge in [-0.3, -0.25) is 9.48 Å². The number of carbonyl (C=O) groups excluding carboxylic acids is 2. The third kappa shape index (κ3) is 4.36. The van der Waals surface area contributed by atoms with Gasteiger partial charge in [0.05, 0.1) is 7.11 Å². The van der Waals surface area contributed by atoms with E-state index in [4.69, 9.17) is 0 Å². The normalized spacial score (nSPS) is 14.0. The summed E-state index contributed by atoms with van der Waals surface area (Å²) in [5, 5.41) is 6.23. The highest BCUT2D eigenvalue weighted by atomic mass is 19.4. The van der Waals surface area contributed by atoms with E-state index in [1.54, 1.807) is 0 Å². The highest BCUT2D eigenvalue weighted by Gasteiger charge is 2.39. The number of esters is 1. The number of aryl methyl sites for hydroxylation is 1. The second-order valence-corrected chi connectivity index (χ2v) is 5.35. The molecule has 24 heavy (non-hydrogen) atoms. The summed E-state index contributed by atoms with van der Waals surface area (Å²) in [6, 6.07) is 0. The van der Waals surface area contributed by atoms with E-state index in [0.717, 1.165) is 12.2 Å². The Morgan fingerprint density at radius 2 is 2.08 bits per heavy atom. The Labute approximate surface area is 136 Å². The number of ether oxygens (including phenoxy) is 1. The molecule has 0 fully saturated rings. The highest BCUT2D eigenvalue weighted by molar-refractivity contribution is 5.94. The Morgan fingerprint density at radius 1 is 1.33 bits per heavy atom. The second kappa shape index (κ2) is 7.50. The molecule has 0 bridgehead atoms. The molecule has 0 saturated carbocycles. The molecule has 0 aromatic carbocycles. The molecule has 1 aromatic rings. The molecule has 0 spiro atoms. The molecule has 0 aliphatic heterocycles. The molecule has 1 aliphatic rings. The van der Waals surface area contributed by atoms with Crippen LogP contribution in [0.4, 0.5) is 13.2 Å². The summed E-state index contributed by atoms with van der Waals surface area (Å²) in [5.74, 6) is -1.11. The first-order chi connectivity index (χ1) is 11.3. The van der Waals surface area contributed by atoms with Gasteiger partial charge in [0.1, 0.15) is 0 Å². The minimum Gasteiger partial charge on any atom is -0.466 e. The lowest BCUT2D eigenvalue weighted by atomic mass is 10.2. The van der Waals surface area contributed by atoms with Gasteiger partial charge >= 0.3 is 12.1 Å². The van der Waals surface area contributed by atoms with Gasteiger partial charge in [0.25, 0.3) is 0 Å². The van der Waals surface area contributed by atoms with Crippen LogP contribution >= 0.6 is 0 Å². The van der Waals surface area contributed by atoms with E-state index in [1.807, 2.05) is 0 Å². The molecule has 1 heterocycles. The molecule has 2 rings (SSSR count). The van der Waals surface area contributed by atoms with Crippen molar-refractivity contribution in [3.8, 4) is 0 Å². The number of fused-ring (bicyclic) bond motifs is 1. The van der Waals surface area contributed by atoms with E-state index in [1.165, 1.54) is 11.8 Å². The number of methoxy groups -OCH3 is 1. The number of nitrogens with zero attached hydrogens (tertiary/aromatic N) is 2. The lowest BCUT2D eigenvalue weighted by molar-refractivity contribution is -0.142. The standard InChI is InChI=1S/C15H18F3N3O3/c1-24-13(23)7-6-12(22)19-8-3-9-21-11-5-2-4-10(11)14(20-21)15(16,17)18/h6-7H,2-5,8-9H2,1H3,(H,19,22)/b7-6+. The SMILES string of the molecule is COC(=O)/C=C/C(=O)NCCCn1nc(C(F)(F)F)c2c1CCC2. The van der Waals surface area contributed by atoms with E-state index < -0.39 is 23.7 Å². The van der Waals surface area contributed by atoms with Gasteiger partial charge in [-0.15, -0.1) is 0 Å². The van der Waals surface area contributed by atoms with E-state index in [9.17, 15) is 22.8 Å². The van der Waals surface area contributed by atoms with Gasteiger partial charge in [-0.25, -0.2) is 4.79 Å². The van der Waals surface area contributed by atoms with Crippen LogP contribution in [0.15, 0.2) is 12.2 Å². The summed E-state index contributed by atoms with van der Waals surface area (Å²) in [7, 11) is 1.20. The summed E-state index contributed by atoms with van der Waals surface area (Å²) >= 11 is 0. The minimum absolute atomic E-state index is 0.264. The fraction of sp³-hybridized carbons (Fsp3) is 0.533. The molecule has 0 radical (unpaired) electrons. The molecule has 0 atom stereocenters. The van der Waals surface area contributed by atoms with Crippen LogP contribution in [0.1, 0.15) is 29.8 Å². The average Bonchev–Trinajstić information content (AvgIpc) is 3.11. The first-order valence-corrected chi connectivity index (χ1v) is 7.52. The number of rotatable bonds is 6. The lowest BCUT2D eigenvalue weighted by Crippen LogP contribution is -2.24. The van der Waals surface area contributed by atoms with Crippen LogP contribution in [0, 0.1) is 0 Å². The van der Waals surface area contributed by atoms with Gasteiger partial charge in [0.2, 0.25) is 5.91 Å². The van der Waals surface area contributed by atoms with Crippen LogP contribution in [0.3, 0.4) is 0 Å². The lowest BCUT2D eigenvalue weighted by Gasteiger charge is -2.06. The quantitative estimate of drug-likeness (QED) is 0.483. The summed E-state index contributed by atoms with van der Waals surface area (Å²) in [4.78, 5) is 22.3. The topological polar surface area (TPSA) is 73.2 Å². The van der Waals surface area contributed by atoms with Gasteiger partial charge in [0, 0.05) is 36.5 Å². The Balaban J connectivity index is 1.86. The molecule has 1 N–H and O–H groups in total. The Bertz CT molecular complexity index is 650. The maximum Gasteiger partial charge on any atom is 0.435 e. The summed E-state index contributed by atoms with van der Waals surface area (Å²) in [5.41, 5.74) is 0.145. The Morgan fingerprint density at radius 3 is 2.75 bits per heavy atom. The number of aromatic nitrogens is 2. The van der Waals surface area contributed by atoms with Crippen LogP contribution in [0.5, 0.6) is 0 Å². The molecule has 1 amide bonds. The maximum atomic E-state index is 13.0. The highest BCUT2D eigenvalue weighted by Crippen LogP contribution is 2.36. The van der Waals surface area contributed by atoms with Crippen LogP contribution in [-0.4, -0.2) is 35.3 Å². The fourth-order valence-electron chi connectivity index (χ4n) is 2.63. The molecule has 0 saturated heterocycles. The number of amides is 1. The summed E-state index contributed by atoms with van der Waals surface area (Å²) in [6.07, 6.45) is -0.280. The first-order valence-electron chi connectivity index (χ1n) is 7.52. The molecular formula is C15H18F3N3O3. The van der Waals surface area contributed by atoms with E-state index in [0.29, 0.717) is 43.5 Å². The van der Waals surface area contributed by atoms with Crippen molar-refractivity contribution < 1.29 is 27.5 Å². The number of alkyl halides is 3. The van der Waals surface area contributed by atoms with Crippen molar-refractivity contribution in [2.24, 2.45) is 0 Å². The minimum atomic E-state index is -4.44. The van der Waals surface area contributed by atoms with Crippen molar-refractivity contribution in [1.82, 2.24) is 15.1 Å². The van der Waals surface area contributed by atoms with Crippen molar-refractivity contribution in [2.75, 3.05) is 13.7 Å². The molecule has 132 valence electrons. The fourth-order valence-corrected chi connectivity index (χ4v) is 2.63. The molecule has 1 aliphatic carbocycles. The van der Waals surface area contributed by atoms with Crippen LogP contribution in [-0.2, 0) is 39.9 Å². The number of hydrogen-bond acceptors (Lipinski definition) is 4. The molecule has 1 aromatic heterocycles. The zero-order valence-corrected chi connectivity index (χ0v) is 13.2. The van der Waals surface area contributed by atoms with Gasteiger partial charge in [-0.2, -0.15) is 18.3 Å². The summed E-state index contributed by atoms with van der Waals surface area (Å²) < 4.78 is 44.6. The molecule has 6 nitrogen and oxygen atoms in total. The predicted octanol–water partition coefficient (Wildman–Crippen LogP) is 1.63. The van der Waals surface area contributed by atoms with Crippen LogP contribution < -0.4 is 5.32 Å². The maximum absolute atomic E-state index is 13.0. The Kier molecular flexibility index (Phi) is 5.63. The number of halogens is 3. The monoisotopic (exact) mass is 345 g/mol. The molecule has 0 unspecified atom stereocenters. The smallest absolute Gasteiger partial charge is 0.435 e. The van der Waals surface area contributed by atoms with Crippen molar-refractivity contribution in [1.29, 1.82) is 0 Å².